The van der Waals surface area contributed by atoms with Gasteiger partial charge in [0.05, 0.1) is 5.69 Å². The Hall–Kier alpha value is -1.84. The van der Waals surface area contributed by atoms with Crippen molar-refractivity contribution in [2.24, 2.45) is 0 Å². The largest absolute Gasteiger partial charge is 0.443 e. The average molecular weight is 247 g/mol. The molecule has 0 bridgehead atoms. The monoisotopic (exact) mass is 247 g/mol. The van der Waals surface area contributed by atoms with Crippen LogP contribution in [0.4, 0.5) is 10.5 Å². The number of para-hydroxylation sites is 1. The van der Waals surface area contributed by atoms with Crippen molar-refractivity contribution >= 4 is 18.1 Å². The smallest absolute Gasteiger partial charge is 0.414 e. The molecule has 1 aromatic carbocycles. The summed E-state index contributed by atoms with van der Waals surface area (Å²) in [5, 5.41) is 0. The zero-order chi connectivity index (χ0) is 13.3. The van der Waals surface area contributed by atoms with Crippen LogP contribution in [0.5, 0.6) is 0 Å². The van der Waals surface area contributed by atoms with Crippen LogP contribution in [0.2, 0.25) is 0 Å². The lowest BCUT2D eigenvalue weighted by Crippen LogP contribution is -2.36. The van der Waals surface area contributed by atoms with Crippen molar-refractivity contribution in [2.75, 3.05) is 11.4 Å². The van der Waals surface area contributed by atoms with Crippen molar-refractivity contribution in [3.05, 3.63) is 29.3 Å². The van der Waals surface area contributed by atoms with Gasteiger partial charge in [0.25, 0.3) is 0 Å². The van der Waals surface area contributed by atoms with Gasteiger partial charge in [-0.15, -0.1) is 0 Å². The lowest BCUT2D eigenvalue weighted by atomic mass is 10.1. The third kappa shape index (κ3) is 2.37. The van der Waals surface area contributed by atoms with Crippen LogP contribution < -0.4 is 4.90 Å². The molecule has 0 saturated carbocycles. The van der Waals surface area contributed by atoms with E-state index in [1.807, 2.05) is 32.9 Å². The molecule has 1 aliphatic rings. The molecule has 96 valence electrons. The number of anilines is 1. The molecule has 0 atom stereocenters. The van der Waals surface area contributed by atoms with Gasteiger partial charge in [0, 0.05) is 12.1 Å². The molecule has 0 N–H and O–H groups in total. The van der Waals surface area contributed by atoms with E-state index in [0.29, 0.717) is 17.8 Å². The van der Waals surface area contributed by atoms with E-state index in [1.54, 1.807) is 11.0 Å². The van der Waals surface area contributed by atoms with Gasteiger partial charge in [0.2, 0.25) is 0 Å². The average Bonchev–Trinajstić information content (AvgIpc) is 2.70. The number of carbonyl (C=O) groups excluding carboxylic acids is 2. The van der Waals surface area contributed by atoms with E-state index in [9.17, 15) is 9.59 Å². The Bertz CT molecular complexity index is 488. The summed E-state index contributed by atoms with van der Waals surface area (Å²) in [7, 11) is 0. The van der Waals surface area contributed by atoms with Crippen LogP contribution in [0.15, 0.2) is 18.2 Å². The summed E-state index contributed by atoms with van der Waals surface area (Å²) in [6.07, 6.45) is 1.15. The number of amides is 1. The Balaban J connectivity index is 2.31. The standard InChI is InChI=1S/C14H17NO3/c1-14(2,3)18-13(17)15-8-7-10-5-4-6-11(9-16)12(10)15/h4-6,9H,7-8H2,1-3H3. The van der Waals surface area contributed by atoms with Gasteiger partial charge in [-0.2, -0.15) is 0 Å². The third-order valence-electron chi connectivity index (χ3n) is 2.77. The second kappa shape index (κ2) is 4.44. The first-order valence-corrected chi connectivity index (χ1v) is 6.00. The molecule has 0 saturated heterocycles. The van der Waals surface area contributed by atoms with Crippen molar-refractivity contribution < 1.29 is 14.3 Å². The Morgan fingerprint density at radius 2 is 2.11 bits per heavy atom. The lowest BCUT2D eigenvalue weighted by molar-refractivity contribution is 0.0584. The molecule has 1 amide bonds. The van der Waals surface area contributed by atoms with Crippen molar-refractivity contribution in [3.63, 3.8) is 0 Å². The summed E-state index contributed by atoms with van der Waals surface area (Å²) in [6, 6.07) is 5.49. The third-order valence-corrected chi connectivity index (χ3v) is 2.77. The fourth-order valence-corrected chi connectivity index (χ4v) is 2.08. The molecule has 0 spiro atoms. The van der Waals surface area contributed by atoms with Crippen LogP contribution in [-0.2, 0) is 11.2 Å². The van der Waals surface area contributed by atoms with Crippen LogP contribution in [0, 0.1) is 0 Å². The molecule has 18 heavy (non-hydrogen) atoms. The van der Waals surface area contributed by atoms with Crippen molar-refractivity contribution in [2.45, 2.75) is 32.8 Å². The lowest BCUT2D eigenvalue weighted by Gasteiger charge is -2.25. The first kappa shape index (κ1) is 12.6. The summed E-state index contributed by atoms with van der Waals surface area (Å²) in [5.41, 5.74) is 1.72. The summed E-state index contributed by atoms with van der Waals surface area (Å²) in [4.78, 5) is 24.7. The fraction of sp³-hybridized carbons (Fsp3) is 0.429. The molecule has 2 rings (SSSR count). The molecule has 1 aromatic rings. The summed E-state index contributed by atoms with van der Waals surface area (Å²) < 4.78 is 5.35. The van der Waals surface area contributed by atoms with Crippen molar-refractivity contribution in [1.82, 2.24) is 0 Å². The number of fused-ring (bicyclic) bond motifs is 1. The van der Waals surface area contributed by atoms with Gasteiger partial charge < -0.3 is 4.74 Å². The minimum absolute atomic E-state index is 0.393. The summed E-state index contributed by atoms with van der Waals surface area (Å²) >= 11 is 0. The van der Waals surface area contributed by atoms with E-state index in [0.717, 1.165) is 18.3 Å². The van der Waals surface area contributed by atoms with E-state index >= 15 is 0 Å². The van der Waals surface area contributed by atoms with Crippen molar-refractivity contribution in [3.8, 4) is 0 Å². The van der Waals surface area contributed by atoms with Gasteiger partial charge in [-0.3, -0.25) is 9.69 Å². The summed E-state index contributed by atoms with van der Waals surface area (Å²) in [5.74, 6) is 0. The number of nitrogens with zero attached hydrogens (tertiary/aromatic N) is 1. The maximum absolute atomic E-state index is 12.1. The molecular formula is C14H17NO3. The van der Waals surface area contributed by atoms with Gasteiger partial charge in [-0.1, -0.05) is 12.1 Å². The zero-order valence-electron chi connectivity index (χ0n) is 10.9. The number of hydrogen-bond donors (Lipinski definition) is 0. The molecule has 1 aliphatic heterocycles. The zero-order valence-corrected chi connectivity index (χ0v) is 10.9. The quantitative estimate of drug-likeness (QED) is 0.717. The molecule has 0 radical (unpaired) electrons. The topological polar surface area (TPSA) is 46.6 Å². The van der Waals surface area contributed by atoms with Crippen LogP contribution >= 0.6 is 0 Å². The Morgan fingerprint density at radius 1 is 1.39 bits per heavy atom. The Kier molecular flexibility index (Phi) is 3.11. The first-order chi connectivity index (χ1) is 8.42. The van der Waals surface area contributed by atoms with Crippen LogP contribution in [0.3, 0.4) is 0 Å². The van der Waals surface area contributed by atoms with Gasteiger partial charge in [-0.25, -0.2) is 4.79 Å². The number of aldehydes is 1. The van der Waals surface area contributed by atoms with Gasteiger partial charge in [0.1, 0.15) is 5.60 Å². The number of carbonyl (C=O) groups is 2. The summed E-state index contributed by atoms with van der Waals surface area (Å²) in [6.45, 7) is 6.05. The van der Waals surface area contributed by atoms with Crippen LogP contribution in [-0.4, -0.2) is 24.5 Å². The second-order valence-electron chi connectivity index (χ2n) is 5.35. The normalized spacial score (nSPS) is 14.3. The highest BCUT2D eigenvalue weighted by molar-refractivity contribution is 5.97. The van der Waals surface area contributed by atoms with Crippen LogP contribution in [0.25, 0.3) is 0 Å². The number of rotatable bonds is 1. The molecular weight excluding hydrogens is 230 g/mol. The number of benzene rings is 1. The molecule has 0 aliphatic carbocycles. The first-order valence-electron chi connectivity index (χ1n) is 6.00. The van der Waals surface area contributed by atoms with E-state index in [4.69, 9.17) is 4.74 Å². The maximum atomic E-state index is 12.1. The Labute approximate surface area is 107 Å². The van der Waals surface area contributed by atoms with Gasteiger partial charge >= 0.3 is 6.09 Å². The van der Waals surface area contributed by atoms with E-state index in [2.05, 4.69) is 0 Å². The molecule has 0 aromatic heterocycles. The van der Waals surface area contributed by atoms with Gasteiger partial charge in [-0.05, 0) is 38.8 Å². The van der Waals surface area contributed by atoms with Gasteiger partial charge in [0.15, 0.2) is 6.29 Å². The van der Waals surface area contributed by atoms with Crippen molar-refractivity contribution in [1.29, 1.82) is 0 Å². The predicted molar refractivity (Wildman–Crippen MR) is 69.1 cm³/mol. The SMILES string of the molecule is CC(C)(C)OC(=O)N1CCc2cccc(C=O)c21. The molecule has 1 heterocycles. The Morgan fingerprint density at radius 3 is 2.72 bits per heavy atom. The van der Waals surface area contributed by atoms with E-state index in [-0.39, 0.29) is 0 Å². The molecule has 4 heteroatoms. The van der Waals surface area contributed by atoms with Crippen LogP contribution in [0.1, 0.15) is 36.7 Å². The minimum atomic E-state index is -0.532. The highest BCUT2D eigenvalue weighted by Crippen LogP contribution is 2.32. The minimum Gasteiger partial charge on any atom is -0.443 e. The highest BCUT2D eigenvalue weighted by atomic mass is 16.6. The second-order valence-corrected chi connectivity index (χ2v) is 5.35. The molecule has 0 fully saturated rings. The fourth-order valence-electron chi connectivity index (χ4n) is 2.08. The predicted octanol–water partition coefficient (Wildman–Crippen LogP) is 2.80. The molecule has 0 unspecified atom stereocenters. The number of ether oxygens (including phenoxy) is 1. The number of hydrogen-bond acceptors (Lipinski definition) is 3. The maximum Gasteiger partial charge on any atom is 0.414 e. The van der Waals surface area contributed by atoms with E-state index < -0.39 is 11.7 Å². The van der Waals surface area contributed by atoms with E-state index in [1.165, 1.54) is 0 Å². The highest BCUT2D eigenvalue weighted by Gasteiger charge is 2.30. The molecule has 4 nitrogen and oxygen atoms in total.